The highest BCUT2D eigenvalue weighted by molar-refractivity contribution is 7.89. The second-order valence-electron chi connectivity index (χ2n) is 5.91. The fourth-order valence-corrected chi connectivity index (χ4v) is 3.86. The van der Waals surface area contributed by atoms with Crippen molar-refractivity contribution in [3.63, 3.8) is 0 Å². The van der Waals surface area contributed by atoms with E-state index in [1.54, 1.807) is 56.7 Å². The topological polar surface area (TPSA) is 108 Å². The van der Waals surface area contributed by atoms with Crippen molar-refractivity contribution in [3.8, 4) is 17.1 Å². The number of hydrogen-bond donors (Lipinski definition) is 1. The molecule has 0 amide bonds. The molecule has 9 nitrogen and oxygen atoms in total. The summed E-state index contributed by atoms with van der Waals surface area (Å²) >= 11 is 0. The lowest BCUT2D eigenvalue weighted by Gasteiger charge is -2.11. The van der Waals surface area contributed by atoms with Crippen LogP contribution in [0.3, 0.4) is 0 Å². The summed E-state index contributed by atoms with van der Waals surface area (Å²) in [6, 6.07) is 9.95. The third-order valence-corrected chi connectivity index (χ3v) is 5.52. The first-order valence-corrected chi connectivity index (χ1v) is 10.2. The van der Waals surface area contributed by atoms with E-state index in [1.807, 2.05) is 0 Å². The first kappa shape index (κ1) is 19.8. The largest absolute Gasteiger partial charge is 0.492 e. The molecule has 2 aromatic heterocycles. The Bertz CT molecular complexity index is 1110. The number of aromatic nitrogens is 4. The van der Waals surface area contributed by atoms with Crippen molar-refractivity contribution in [2.24, 2.45) is 7.05 Å². The Morgan fingerprint density at radius 3 is 2.68 bits per heavy atom. The predicted molar refractivity (Wildman–Crippen MR) is 103 cm³/mol. The molecule has 0 spiro atoms. The minimum atomic E-state index is -3.79. The molecule has 0 aliphatic carbocycles. The van der Waals surface area contributed by atoms with Crippen LogP contribution in [0, 0.1) is 0 Å². The van der Waals surface area contributed by atoms with Crippen molar-refractivity contribution in [2.75, 3.05) is 13.2 Å². The monoisotopic (exact) mass is 403 g/mol. The first-order valence-electron chi connectivity index (χ1n) is 8.69. The minimum Gasteiger partial charge on any atom is -0.492 e. The van der Waals surface area contributed by atoms with E-state index in [1.165, 1.54) is 15.3 Å². The number of hydrogen-bond acceptors (Lipinski definition) is 6. The van der Waals surface area contributed by atoms with Gasteiger partial charge in [-0.15, -0.1) is 5.10 Å². The third-order valence-electron chi connectivity index (χ3n) is 4.01. The molecular weight excluding hydrogens is 382 g/mol. The molecular formula is C18H21N5O4S. The molecule has 0 saturated heterocycles. The standard InChI is InChI=1S/C18H21N5O4S/c1-3-27-15-8-4-5-9-16(15)28(25,26)20-11-12-23-18(24)22(2)17(21-23)14-7-6-10-19-13-14/h4-10,13,20H,3,11-12H2,1-2H3. The Hall–Kier alpha value is -2.98. The van der Waals surface area contributed by atoms with Crippen molar-refractivity contribution in [1.82, 2.24) is 24.1 Å². The number of rotatable bonds is 8. The van der Waals surface area contributed by atoms with Crippen LogP contribution >= 0.6 is 0 Å². The van der Waals surface area contributed by atoms with Crippen LogP contribution in [0.25, 0.3) is 11.4 Å². The number of ether oxygens (including phenoxy) is 1. The highest BCUT2D eigenvalue weighted by atomic mass is 32.2. The van der Waals surface area contributed by atoms with Crippen LogP contribution in [-0.4, -0.2) is 40.9 Å². The predicted octanol–water partition coefficient (Wildman–Crippen LogP) is 1.02. The summed E-state index contributed by atoms with van der Waals surface area (Å²) in [5, 5.41) is 4.29. The number of nitrogens with zero attached hydrogens (tertiary/aromatic N) is 4. The maximum absolute atomic E-state index is 12.6. The second kappa shape index (κ2) is 8.36. The molecule has 1 aromatic carbocycles. The van der Waals surface area contributed by atoms with E-state index in [2.05, 4.69) is 14.8 Å². The zero-order chi connectivity index (χ0) is 20.1. The zero-order valence-corrected chi connectivity index (χ0v) is 16.4. The van der Waals surface area contributed by atoms with E-state index < -0.39 is 10.0 Å². The molecule has 0 aliphatic rings. The molecule has 0 unspecified atom stereocenters. The number of benzene rings is 1. The number of para-hydroxylation sites is 1. The Kier molecular flexibility index (Phi) is 5.90. The van der Waals surface area contributed by atoms with Gasteiger partial charge in [0.15, 0.2) is 5.82 Å². The molecule has 0 fully saturated rings. The third kappa shape index (κ3) is 4.12. The Morgan fingerprint density at radius 2 is 1.96 bits per heavy atom. The van der Waals surface area contributed by atoms with E-state index in [0.29, 0.717) is 18.0 Å². The summed E-state index contributed by atoms with van der Waals surface area (Å²) in [5.41, 5.74) is 0.361. The van der Waals surface area contributed by atoms with E-state index in [9.17, 15) is 13.2 Å². The molecule has 0 radical (unpaired) electrons. The minimum absolute atomic E-state index is 0.00614. The van der Waals surface area contributed by atoms with Gasteiger partial charge in [-0.2, -0.15) is 0 Å². The van der Waals surface area contributed by atoms with E-state index >= 15 is 0 Å². The molecule has 0 bridgehead atoms. The second-order valence-corrected chi connectivity index (χ2v) is 7.64. The summed E-state index contributed by atoms with van der Waals surface area (Å²) in [5.74, 6) is 0.744. The van der Waals surface area contributed by atoms with E-state index in [0.717, 1.165) is 0 Å². The lowest BCUT2D eigenvalue weighted by atomic mass is 10.3. The van der Waals surface area contributed by atoms with Crippen LogP contribution in [0.15, 0.2) is 58.5 Å². The number of pyridine rings is 1. The molecule has 3 aromatic rings. The van der Waals surface area contributed by atoms with Crippen molar-refractivity contribution >= 4 is 10.0 Å². The molecule has 10 heteroatoms. The number of sulfonamides is 1. The molecule has 0 aliphatic heterocycles. The van der Waals surface area contributed by atoms with Gasteiger partial charge in [0.2, 0.25) is 10.0 Å². The summed E-state index contributed by atoms with van der Waals surface area (Å²) in [6.07, 6.45) is 3.24. The summed E-state index contributed by atoms with van der Waals surface area (Å²) < 4.78 is 35.7. The van der Waals surface area contributed by atoms with Crippen LogP contribution in [0.5, 0.6) is 5.75 Å². The van der Waals surface area contributed by atoms with Gasteiger partial charge >= 0.3 is 5.69 Å². The molecule has 0 saturated carbocycles. The fraction of sp³-hybridized carbons (Fsp3) is 0.278. The van der Waals surface area contributed by atoms with Gasteiger partial charge in [-0.3, -0.25) is 9.55 Å². The van der Waals surface area contributed by atoms with E-state index in [-0.39, 0.29) is 29.4 Å². The highest BCUT2D eigenvalue weighted by Crippen LogP contribution is 2.22. The maximum atomic E-state index is 12.6. The molecule has 2 heterocycles. The van der Waals surface area contributed by atoms with E-state index in [4.69, 9.17) is 4.74 Å². The van der Waals surface area contributed by atoms with Gasteiger partial charge < -0.3 is 4.74 Å². The summed E-state index contributed by atoms with van der Waals surface area (Å²) in [7, 11) is -2.18. The average Bonchev–Trinajstić information content (AvgIpc) is 2.98. The van der Waals surface area contributed by atoms with Crippen LogP contribution in [0.4, 0.5) is 0 Å². The quantitative estimate of drug-likeness (QED) is 0.602. The number of nitrogens with one attached hydrogen (secondary N) is 1. The summed E-state index contributed by atoms with van der Waals surface area (Å²) in [4.78, 5) is 16.5. The van der Waals surface area contributed by atoms with Crippen LogP contribution in [-0.2, 0) is 23.6 Å². The Balaban J connectivity index is 1.74. The van der Waals surface area contributed by atoms with Crippen LogP contribution in [0.2, 0.25) is 0 Å². The molecule has 1 N–H and O–H groups in total. The Morgan fingerprint density at radius 1 is 1.18 bits per heavy atom. The molecule has 3 rings (SSSR count). The normalized spacial score (nSPS) is 11.5. The van der Waals surface area contributed by atoms with Crippen molar-refractivity contribution in [1.29, 1.82) is 0 Å². The van der Waals surface area contributed by atoms with Gasteiger partial charge in [-0.1, -0.05) is 12.1 Å². The molecule has 0 atom stereocenters. The van der Waals surface area contributed by atoms with Gasteiger partial charge in [0.1, 0.15) is 10.6 Å². The van der Waals surface area contributed by atoms with Gasteiger partial charge in [-0.05, 0) is 31.2 Å². The van der Waals surface area contributed by atoms with Crippen molar-refractivity contribution < 1.29 is 13.2 Å². The summed E-state index contributed by atoms with van der Waals surface area (Å²) in [6.45, 7) is 2.23. The van der Waals surface area contributed by atoms with Gasteiger partial charge in [0.05, 0.1) is 13.2 Å². The van der Waals surface area contributed by atoms with Gasteiger partial charge in [0.25, 0.3) is 0 Å². The van der Waals surface area contributed by atoms with Crippen LogP contribution in [0.1, 0.15) is 6.92 Å². The maximum Gasteiger partial charge on any atom is 0.345 e. The SMILES string of the molecule is CCOc1ccccc1S(=O)(=O)NCCn1nc(-c2cccnc2)n(C)c1=O. The van der Waals surface area contributed by atoms with Crippen LogP contribution < -0.4 is 15.1 Å². The smallest absolute Gasteiger partial charge is 0.345 e. The zero-order valence-electron chi connectivity index (χ0n) is 15.6. The average molecular weight is 403 g/mol. The lowest BCUT2D eigenvalue weighted by molar-refractivity contribution is 0.331. The van der Waals surface area contributed by atoms with Gasteiger partial charge in [0, 0.05) is 31.5 Å². The molecule has 28 heavy (non-hydrogen) atoms. The first-order chi connectivity index (χ1) is 13.4. The van der Waals surface area contributed by atoms with Crippen molar-refractivity contribution in [3.05, 3.63) is 59.3 Å². The lowest BCUT2D eigenvalue weighted by Crippen LogP contribution is -2.32. The highest BCUT2D eigenvalue weighted by Gasteiger charge is 2.19. The van der Waals surface area contributed by atoms with Crippen molar-refractivity contribution in [2.45, 2.75) is 18.4 Å². The fourth-order valence-electron chi connectivity index (χ4n) is 2.69. The van der Waals surface area contributed by atoms with Gasteiger partial charge in [-0.25, -0.2) is 22.6 Å². The Labute approximate surface area is 162 Å². The molecule has 148 valence electrons.